The predicted molar refractivity (Wildman–Crippen MR) is 111 cm³/mol. The fourth-order valence-electron chi connectivity index (χ4n) is 3.33. The van der Waals surface area contributed by atoms with E-state index < -0.39 is 48.4 Å². The summed E-state index contributed by atoms with van der Waals surface area (Å²) >= 11 is 0. The number of fused-ring (bicyclic) bond motifs is 2. The van der Waals surface area contributed by atoms with Gasteiger partial charge >= 0.3 is 17.9 Å². The van der Waals surface area contributed by atoms with Gasteiger partial charge in [0.1, 0.15) is 22.6 Å². The zero-order valence-electron chi connectivity index (χ0n) is 17.8. The van der Waals surface area contributed by atoms with E-state index in [1.807, 2.05) is 0 Å². The van der Waals surface area contributed by atoms with Gasteiger partial charge in [0.15, 0.2) is 30.3 Å². The minimum Gasteiger partial charge on any atom is -0.507 e. The number of esters is 1. The first-order chi connectivity index (χ1) is 16.1. The highest BCUT2D eigenvalue weighted by atomic mass is 16.7. The zero-order chi connectivity index (χ0) is 25.2. The van der Waals surface area contributed by atoms with Gasteiger partial charge in [0.2, 0.25) is 0 Å². The average molecular weight is 474 g/mol. The van der Waals surface area contributed by atoms with Crippen molar-refractivity contribution in [3.63, 3.8) is 0 Å². The van der Waals surface area contributed by atoms with Crippen LogP contribution in [0.3, 0.4) is 0 Å². The second-order valence-corrected chi connectivity index (χ2v) is 7.00. The van der Waals surface area contributed by atoms with Crippen molar-refractivity contribution < 1.29 is 58.6 Å². The van der Waals surface area contributed by atoms with Gasteiger partial charge in [-0.2, -0.15) is 0 Å². The van der Waals surface area contributed by atoms with Crippen LogP contribution in [0.4, 0.5) is 0 Å². The molecule has 0 saturated carbocycles. The van der Waals surface area contributed by atoms with E-state index >= 15 is 0 Å². The summed E-state index contributed by atoms with van der Waals surface area (Å²) in [4.78, 5) is 46.8. The first kappa shape index (κ1) is 24.1. The van der Waals surface area contributed by atoms with E-state index in [2.05, 4.69) is 0 Å². The van der Waals surface area contributed by atoms with Crippen LogP contribution in [-0.4, -0.2) is 51.4 Å². The number of phenolic OH excluding ortho intramolecular Hbond substituents is 1. The van der Waals surface area contributed by atoms with Crippen LogP contribution < -0.4 is 9.47 Å². The molecule has 0 aromatic heterocycles. The smallest absolute Gasteiger partial charge is 0.347 e. The third-order valence-corrected chi connectivity index (χ3v) is 4.85. The summed E-state index contributed by atoms with van der Waals surface area (Å²) < 4.78 is 21.2. The van der Waals surface area contributed by atoms with E-state index in [9.17, 15) is 34.5 Å². The van der Waals surface area contributed by atoms with Gasteiger partial charge in [-0.25, -0.2) is 14.4 Å². The van der Waals surface area contributed by atoms with E-state index in [0.717, 1.165) is 6.26 Å². The van der Waals surface area contributed by atoms with Gasteiger partial charge in [0, 0.05) is 5.56 Å². The fraction of sp³-hybridized carbons (Fsp3) is 0.182. The number of carbonyl (C=O) groups excluding carboxylic acids is 2. The molecule has 2 aromatic rings. The molecule has 0 amide bonds. The Labute approximate surface area is 191 Å². The second kappa shape index (κ2) is 9.50. The number of carbonyl (C=O) groups is 4. The van der Waals surface area contributed by atoms with Crippen LogP contribution in [0.15, 0.2) is 18.4 Å². The number of ether oxygens (including phenoxy) is 4. The molecular weight excluding hydrogens is 456 g/mol. The monoisotopic (exact) mass is 474 g/mol. The molecule has 178 valence electrons. The molecule has 1 aliphatic heterocycles. The fourth-order valence-corrected chi connectivity index (χ4v) is 3.33. The van der Waals surface area contributed by atoms with Crippen molar-refractivity contribution in [1.82, 2.24) is 0 Å². The van der Waals surface area contributed by atoms with E-state index in [1.165, 1.54) is 19.9 Å². The van der Waals surface area contributed by atoms with Gasteiger partial charge in [-0.05, 0) is 25.5 Å². The molecule has 0 fully saturated rings. The number of rotatable bonds is 8. The van der Waals surface area contributed by atoms with Crippen LogP contribution in [0.1, 0.15) is 47.8 Å². The second-order valence-electron chi connectivity index (χ2n) is 7.00. The Morgan fingerprint density at radius 3 is 2.41 bits per heavy atom. The molecule has 0 saturated heterocycles. The lowest BCUT2D eigenvalue weighted by Crippen LogP contribution is -2.12. The Kier molecular flexibility index (Phi) is 6.73. The largest absolute Gasteiger partial charge is 0.507 e. The van der Waals surface area contributed by atoms with Gasteiger partial charge in [0.25, 0.3) is 0 Å². The van der Waals surface area contributed by atoms with Gasteiger partial charge < -0.3 is 39.4 Å². The lowest BCUT2D eigenvalue weighted by molar-refractivity contribution is -0.131. The number of carboxylic acids is 2. The van der Waals surface area contributed by atoms with E-state index in [-0.39, 0.29) is 51.4 Å². The number of carboxylic acid groups (broad SMARTS) is 2. The Hall–Kier alpha value is -4.58. The normalized spacial score (nSPS) is 12.2. The van der Waals surface area contributed by atoms with Gasteiger partial charge in [-0.15, -0.1) is 0 Å². The number of phenols is 2. The zero-order valence-corrected chi connectivity index (χ0v) is 17.8. The van der Waals surface area contributed by atoms with E-state index in [4.69, 9.17) is 24.1 Å². The molecule has 12 nitrogen and oxygen atoms in total. The number of benzene rings is 2. The molecule has 3 rings (SSSR count). The van der Waals surface area contributed by atoms with Crippen molar-refractivity contribution in [2.75, 3.05) is 6.79 Å². The standard InChI is InChI=1S/C22H18O12/c1-9-5-13(24)11(6-23)19-15(9)22(30)34-20-12(7-32-8-31-4-3-14(25)26)17(27)16(21(28)29)10(2)18(20)33-19/h3-6,24,27H,7-8H2,1-2H3,(H,25,26)(H,28,29)/b4-3+. The van der Waals surface area contributed by atoms with Crippen LogP contribution in [0.5, 0.6) is 28.7 Å². The number of hydrogen-bond donors (Lipinski definition) is 4. The van der Waals surface area contributed by atoms with Gasteiger partial charge in [0.05, 0.1) is 30.1 Å². The van der Waals surface area contributed by atoms with E-state index in [0.29, 0.717) is 6.08 Å². The van der Waals surface area contributed by atoms with Crippen molar-refractivity contribution in [2.45, 2.75) is 20.5 Å². The molecule has 34 heavy (non-hydrogen) atoms. The molecule has 0 bridgehead atoms. The lowest BCUT2D eigenvalue weighted by atomic mass is 10.0. The number of aldehydes is 1. The molecular formula is C22H18O12. The summed E-state index contributed by atoms with van der Waals surface area (Å²) in [6.07, 6.45) is 1.82. The summed E-state index contributed by atoms with van der Waals surface area (Å²) in [5.41, 5.74) is -1.30. The molecule has 0 atom stereocenters. The highest BCUT2D eigenvalue weighted by molar-refractivity contribution is 6.02. The lowest BCUT2D eigenvalue weighted by Gasteiger charge is -2.18. The third kappa shape index (κ3) is 4.34. The number of aliphatic carboxylic acids is 1. The van der Waals surface area contributed by atoms with Gasteiger partial charge in [-0.3, -0.25) is 4.79 Å². The van der Waals surface area contributed by atoms with Crippen molar-refractivity contribution in [3.05, 3.63) is 51.8 Å². The number of aryl methyl sites for hydroxylation is 1. The summed E-state index contributed by atoms with van der Waals surface area (Å²) in [6, 6.07) is 1.17. The van der Waals surface area contributed by atoms with Crippen molar-refractivity contribution in [1.29, 1.82) is 0 Å². The summed E-state index contributed by atoms with van der Waals surface area (Å²) in [7, 11) is 0. The molecule has 1 aliphatic rings. The van der Waals surface area contributed by atoms with Crippen LogP contribution >= 0.6 is 0 Å². The number of aromatic carboxylic acids is 1. The first-order valence-electron chi connectivity index (χ1n) is 9.50. The molecule has 2 aromatic carbocycles. The van der Waals surface area contributed by atoms with Crippen LogP contribution in [0.2, 0.25) is 0 Å². The highest BCUT2D eigenvalue weighted by Crippen LogP contribution is 2.50. The SMILES string of the molecule is Cc1cc(O)c(C=O)c2c1C(=O)Oc1c(COCO/C=C/C(=O)O)c(O)c(C(=O)O)c(C)c1O2. The topological polar surface area (TPSA) is 186 Å². The number of aromatic hydroxyl groups is 2. The molecule has 12 heteroatoms. The Morgan fingerprint density at radius 1 is 1.09 bits per heavy atom. The summed E-state index contributed by atoms with van der Waals surface area (Å²) in [5.74, 6) is -5.99. The molecule has 1 heterocycles. The number of hydrogen-bond acceptors (Lipinski definition) is 10. The van der Waals surface area contributed by atoms with Gasteiger partial charge in [-0.1, -0.05) is 0 Å². The molecule has 0 unspecified atom stereocenters. The van der Waals surface area contributed by atoms with Crippen LogP contribution in [0, 0.1) is 13.8 Å². The Balaban J connectivity index is 2.13. The van der Waals surface area contributed by atoms with Crippen LogP contribution in [-0.2, 0) is 20.9 Å². The van der Waals surface area contributed by atoms with Crippen molar-refractivity contribution in [2.24, 2.45) is 0 Å². The summed E-state index contributed by atoms with van der Waals surface area (Å²) in [6.45, 7) is 1.73. The Bertz CT molecular complexity index is 1240. The first-order valence-corrected chi connectivity index (χ1v) is 9.50. The maximum Gasteiger partial charge on any atom is 0.347 e. The van der Waals surface area contributed by atoms with Crippen molar-refractivity contribution >= 4 is 24.2 Å². The quantitative estimate of drug-likeness (QED) is 0.0834. The average Bonchev–Trinajstić information content (AvgIpc) is 2.89. The molecule has 0 aliphatic carbocycles. The minimum atomic E-state index is -1.53. The van der Waals surface area contributed by atoms with Crippen LogP contribution in [0.25, 0.3) is 0 Å². The van der Waals surface area contributed by atoms with E-state index in [1.54, 1.807) is 0 Å². The molecule has 4 N–H and O–H groups in total. The summed E-state index contributed by atoms with van der Waals surface area (Å²) in [5, 5.41) is 38.9. The third-order valence-electron chi connectivity index (χ3n) is 4.85. The molecule has 0 spiro atoms. The maximum atomic E-state index is 12.9. The minimum absolute atomic E-state index is 0.122. The highest BCUT2D eigenvalue weighted by Gasteiger charge is 2.35. The predicted octanol–water partition coefficient (Wildman–Crippen LogP) is 2.64. The Morgan fingerprint density at radius 2 is 1.79 bits per heavy atom. The molecule has 0 radical (unpaired) electrons. The maximum absolute atomic E-state index is 12.9. The van der Waals surface area contributed by atoms with Crippen molar-refractivity contribution in [3.8, 4) is 28.7 Å².